The molecule has 0 amide bonds. The highest BCUT2D eigenvalue weighted by Crippen LogP contribution is 2.30. The zero-order valence-electron chi connectivity index (χ0n) is 8.34. The predicted octanol–water partition coefficient (Wildman–Crippen LogP) is 1.37. The van der Waals surface area contributed by atoms with Gasteiger partial charge in [-0.3, -0.25) is 4.90 Å². The Hall–Kier alpha value is -0.0800. The van der Waals surface area contributed by atoms with Crippen molar-refractivity contribution in [3.63, 3.8) is 0 Å². The second kappa shape index (κ2) is 3.25. The maximum absolute atomic E-state index is 3.76. The fraction of sp³-hybridized carbons (Fsp3) is 1.00. The van der Waals surface area contributed by atoms with E-state index in [2.05, 4.69) is 10.2 Å². The molecule has 1 heterocycles. The quantitative estimate of drug-likeness (QED) is 0.705. The van der Waals surface area contributed by atoms with Gasteiger partial charge in [-0.05, 0) is 45.1 Å². The van der Waals surface area contributed by atoms with E-state index in [1.54, 1.807) is 0 Å². The fourth-order valence-electron chi connectivity index (χ4n) is 2.50. The summed E-state index contributed by atoms with van der Waals surface area (Å²) < 4.78 is 0. The Kier molecular flexibility index (Phi) is 2.06. The monoisotopic (exact) mass is 180 g/mol. The maximum atomic E-state index is 3.76. The number of likely N-dealkylation sites (tertiary alicyclic amines) is 1. The molecule has 1 unspecified atom stereocenters. The van der Waals surface area contributed by atoms with Crippen LogP contribution in [0.3, 0.4) is 0 Å². The van der Waals surface area contributed by atoms with Crippen LogP contribution in [0.15, 0.2) is 0 Å². The van der Waals surface area contributed by atoms with E-state index in [1.807, 2.05) is 0 Å². The summed E-state index contributed by atoms with van der Waals surface area (Å²) in [6, 6.07) is 2.69. The van der Waals surface area contributed by atoms with Gasteiger partial charge in [0.2, 0.25) is 0 Å². The number of nitrogens with zero attached hydrogens (tertiary/aromatic N) is 1. The van der Waals surface area contributed by atoms with Crippen molar-refractivity contribution in [2.75, 3.05) is 13.1 Å². The van der Waals surface area contributed by atoms with Gasteiger partial charge < -0.3 is 5.32 Å². The molecule has 0 bridgehead atoms. The molecule has 0 aromatic rings. The molecule has 1 N–H and O–H groups in total. The predicted molar refractivity (Wildman–Crippen MR) is 53.8 cm³/mol. The van der Waals surface area contributed by atoms with Crippen molar-refractivity contribution in [2.24, 2.45) is 0 Å². The molecular weight excluding hydrogens is 160 g/mol. The Bertz CT molecular complexity index is 185. The maximum Gasteiger partial charge on any atom is 0.0198 e. The molecule has 3 aliphatic rings. The van der Waals surface area contributed by atoms with Crippen molar-refractivity contribution in [1.29, 1.82) is 0 Å². The lowest BCUT2D eigenvalue weighted by molar-refractivity contribution is 0.181. The lowest BCUT2D eigenvalue weighted by Crippen LogP contribution is -2.47. The first kappa shape index (κ1) is 8.25. The Balaban J connectivity index is 1.50. The molecule has 2 saturated carbocycles. The summed E-state index contributed by atoms with van der Waals surface area (Å²) >= 11 is 0. The third-order valence-electron chi connectivity index (χ3n) is 3.56. The standard InChI is InChI=1S/C11H20N2/c1-2-10(12-9-3-4-9)8-13(7-1)11-5-6-11/h9-12H,1-8H2. The summed E-state index contributed by atoms with van der Waals surface area (Å²) in [5, 5.41) is 3.76. The zero-order valence-corrected chi connectivity index (χ0v) is 8.34. The summed E-state index contributed by atoms with van der Waals surface area (Å²) in [5.41, 5.74) is 0. The molecule has 74 valence electrons. The minimum Gasteiger partial charge on any atom is -0.310 e. The van der Waals surface area contributed by atoms with Gasteiger partial charge in [-0.2, -0.15) is 0 Å². The second-order valence-electron chi connectivity index (χ2n) is 5.01. The van der Waals surface area contributed by atoms with Gasteiger partial charge in [0.1, 0.15) is 0 Å². The first-order valence-corrected chi connectivity index (χ1v) is 5.92. The first-order chi connectivity index (χ1) is 6.42. The number of hydrogen-bond donors (Lipinski definition) is 1. The SMILES string of the molecule is C1CC(NC2CC2)CN(C2CC2)C1. The van der Waals surface area contributed by atoms with E-state index in [0.29, 0.717) is 0 Å². The third-order valence-corrected chi connectivity index (χ3v) is 3.56. The number of rotatable bonds is 3. The summed E-state index contributed by atoms with van der Waals surface area (Å²) in [4.78, 5) is 2.71. The van der Waals surface area contributed by atoms with Crippen LogP contribution < -0.4 is 5.32 Å². The van der Waals surface area contributed by atoms with Crippen molar-refractivity contribution in [2.45, 2.75) is 56.7 Å². The van der Waals surface area contributed by atoms with Crippen LogP contribution in [0.5, 0.6) is 0 Å². The highest BCUT2D eigenvalue weighted by atomic mass is 15.2. The van der Waals surface area contributed by atoms with Gasteiger partial charge >= 0.3 is 0 Å². The summed E-state index contributed by atoms with van der Waals surface area (Å²) in [6.45, 7) is 2.70. The van der Waals surface area contributed by atoms with Crippen LogP contribution in [-0.4, -0.2) is 36.1 Å². The Morgan fingerprint density at radius 1 is 0.923 bits per heavy atom. The second-order valence-corrected chi connectivity index (χ2v) is 5.01. The number of nitrogens with one attached hydrogen (secondary N) is 1. The van der Waals surface area contributed by atoms with E-state index in [9.17, 15) is 0 Å². The van der Waals surface area contributed by atoms with Gasteiger partial charge in [0.15, 0.2) is 0 Å². The Labute approximate surface area is 80.7 Å². The number of piperidine rings is 1. The van der Waals surface area contributed by atoms with Gasteiger partial charge in [0, 0.05) is 24.7 Å². The highest BCUT2D eigenvalue weighted by molar-refractivity contribution is 4.92. The summed E-state index contributed by atoms with van der Waals surface area (Å²) in [7, 11) is 0. The molecule has 1 atom stereocenters. The summed E-state index contributed by atoms with van der Waals surface area (Å²) in [6.07, 6.45) is 8.63. The van der Waals surface area contributed by atoms with E-state index in [-0.39, 0.29) is 0 Å². The van der Waals surface area contributed by atoms with Crippen LogP contribution in [0, 0.1) is 0 Å². The van der Waals surface area contributed by atoms with Crippen LogP contribution in [0.4, 0.5) is 0 Å². The molecule has 0 spiro atoms. The lowest BCUT2D eigenvalue weighted by atomic mass is 10.1. The van der Waals surface area contributed by atoms with E-state index < -0.39 is 0 Å². The largest absolute Gasteiger partial charge is 0.310 e. The van der Waals surface area contributed by atoms with Crippen molar-refractivity contribution < 1.29 is 0 Å². The van der Waals surface area contributed by atoms with Gasteiger partial charge in [-0.1, -0.05) is 0 Å². The normalized spacial score (nSPS) is 36.5. The van der Waals surface area contributed by atoms with Gasteiger partial charge in [0.05, 0.1) is 0 Å². The van der Waals surface area contributed by atoms with E-state index in [4.69, 9.17) is 0 Å². The Morgan fingerprint density at radius 2 is 1.77 bits per heavy atom. The van der Waals surface area contributed by atoms with Crippen molar-refractivity contribution >= 4 is 0 Å². The van der Waals surface area contributed by atoms with Crippen LogP contribution in [0.25, 0.3) is 0 Å². The molecular formula is C11H20N2. The molecule has 2 aliphatic carbocycles. The minimum atomic E-state index is 0.821. The third kappa shape index (κ3) is 2.05. The van der Waals surface area contributed by atoms with Gasteiger partial charge in [-0.25, -0.2) is 0 Å². The highest BCUT2D eigenvalue weighted by Gasteiger charge is 2.34. The van der Waals surface area contributed by atoms with Gasteiger partial charge in [0.25, 0.3) is 0 Å². The van der Waals surface area contributed by atoms with Crippen molar-refractivity contribution in [1.82, 2.24) is 10.2 Å². The van der Waals surface area contributed by atoms with Crippen LogP contribution >= 0.6 is 0 Å². The van der Waals surface area contributed by atoms with Crippen molar-refractivity contribution in [3.05, 3.63) is 0 Å². The van der Waals surface area contributed by atoms with E-state index >= 15 is 0 Å². The molecule has 0 aromatic carbocycles. The molecule has 0 aromatic heterocycles. The van der Waals surface area contributed by atoms with E-state index in [1.165, 1.54) is 51.6 Å². The molecule has 0 radical (unpaired) electrons. The van der Waals surface area contributed by atoms with Crippen molar-refractivity contribution in [3.8, 4) is 0 Å². The number of hydrogen-bond acceptors (Lipinski definition) is 2. The average molecular weight is 180 g/mol. The van der Waals surface area contributed by atoms with Crippen LogP contribution in [0.1, 0.15) is 38.5 Å². The van der Waals surface area contributed by atoms with Gasteiger partial charge in [-0.15, -0.1) is 0 Å². The lowest BCUT2D eigenvalue weighted by Gasteiger charge is -2.33. The molecule has 1 aliphatic heterocycles. The summed E-state index contributed by atoms with van der Waals surface area (Å²) in [5.74, 6) is 0. The first-order valence-electron chi connectivity index (χ1n) is 5.92. The van der Waals surface area contributed by atoms with Crippen LogP contribution in [0.2, 0.25) is 0 Å². The zero-order chi connectivity index (χ0) is 8.67. The minimum absolute atomic E-state index is 0.821. The fourth-order valence-corrected chi connectivity index (χ4v) is 2.50. The molecule has 3 rings (SSSR count). The average Bonchev–Trinajstić information content (AvgIpc) is 3.00. The molecule has 13 heavy (non-hydrogen) atoms. The van der Waals surface area contributed by atoms with Crippen LogP contribution in [-0.2, 0) is 0 Å². The molecule has 1 saturated heterocycles. The molecule has 2 nitrogen and oxygen atoms in total. The smallest absolute Gasteiger partial charge is 0.0198 e. The molecule has 2 heteroatoms. The molecule has 3 fully saturated rings. The topological polar surface area (TPSA) is 15.3 Å². The van der Waals surface area contributed by atoms with E-state index in [0.717, 1.165) is 18.1 Å². The Morgan fingerprint density at radius 3 is 2.46 bits per heavy atom.